The summed E-state index contributed by atoms with van der Waals surface area (Å²) in [6, 6.07) is 3.95. The van der Waals surface area contributed by atoms with Gasteiger partial charge >= 0.3 is 5.97 Å². The molecule has 1 N–H and O–H groups in total. The van der Waals surface area contributed by atoms with Crippen molar-refractivity contribution in [3.8, 4) is 0 Å². The van der Waals surface area contributed by atoms with Crippen LogP contribution in [0.25, 0.3) is 0 Å². The molecule has 0 saturated heterocycles. The molecule has 2 unspecified atom stereocenters. The predicted octanol–water partition coefficient (Wildman–Crippen LogP) is 2.61. The molecule has 2 rings (SSSR count). The first kappa shape index (κ1) is 13.0. The normalized spacial score (nSPS) is 22.2. The molecule has 0 aliphatic heterocycles. The molecule has 1 aliphatic rings. The van der Waals surface area contributed by atoms with Crippen molar-refractivity contribution in [2.75, 3.05) is 13.6 Å². The van der Waals surface area contributed by atoms with Crippen molar-refractivity contribution in [3.05, 3.63) is 35.1 Å². The second-order valence-electron chi connectivity index (χ2n) is 5.28. The van der Waals surface area contributed by atoms with E-state index in [4.69, 9.17) is 5.11 Å². The summed E-state index contributed by atoms with van der Waals surface area (Å²) in [5, 5.41) is 8.89. The van der Waals surface area contributed by atoms with Gasteiger partial charge < -0.3 is 10.0 Å². The van der Waals surface area contributed by atoms with Crippen LogP contribution < -0.4 is 0 Å². The maximum Gasteiger partial charge on any atom is 0.335 e. The molecular weight excluding hydrogens is 233 g/mol. The van der Waals surface area contributed by atoms with E-state index in [1.165, 1.54) is 24.6 Å². The number of halogens is 1. The lowest BCUT2D eigenvalue weighted by molar-refractivity contribution is 0.0696. The quantitative estimate of drug-likeness (QED) is 0.874. The van der Waals surface area contributed by atoms with Gasteiger partial charge in [-0.05, 0) is 43.5 Å². The molecule has 0 amide bonds. The third-order valence-corrected chi connectivity index (χ3v) is 3.56. The molecule has 0 aromatic heterocycles. The standard InChI is InChI=1S/C14H18FNO2/c1-9-5-11(9)7-16(2)8-12-6-10(14(17)18)3-4-13(12)15/h3-4,6,9,11H,5,7-8H2,1-2H3,(H,17,18). The largest absolute Gasteiger partial charge is 0.478 e. The molecule has 4 heteroatoms. The SMILES string of the molecule is CC1CC1CN(C)Cc1cc(C(=O)O)ccc1F. The summed E-state index contributed by atoms with van der Waals surface area (Å²) < 4.78 is 13.6. The van der Waals surface area contributed by atoms with Crippen LogP contribution >= 0.6 is 0 Å². The lowest BCUT2D eigenvalue weighted by atomic mass is 10.1. The van der Waals surface area contributed by atoms with Gasteiger partial charge in [-0.2, -0.15) is 0 Å². The molecule has 0 heterocycles. The number of aromatic carboxylic acids is 1. The molecule has 1 aliphatic carbocycles. The molecule has 0 spiro atoms. The zero-order valence-corrected chi connectivity index (χ0v) is 10.7. The van der Waals surface area contributed by atoms with Crippen molar-refractivity contribution in [2.45, 2.75) is 19.9 Å². The van der Waals surface area contributed by atoms with Gasteiger partial charge in [-0.15, -0.1) is 0 Å². The van der Waals surface area contributed by atoms with E-state index in [-0.39, 0.29) is 11.4 Å². The van der Waals surface area contributed by atoms with Crippen molar-refractivity contribution >= 4 is 5.97 Å². The number of benzene rings is 1. The predicted molar refractivity (Wildman–Crippen MR) is 67.0 cm³/mol. The summed E-state index contributed by atoms with van der Waals surface area (Å²) in [6.45, 7) is 3.61. The summed E-state index contributed by atoms with van der Waals surface area (Å²) in [4.78, 5) is 12.9. The summed E-state index contributed by atoms with van der Waals surface area (Å²) in [5.41, 5.74) is 0.588. The lowest BCUT2D eigenvalue weighted by Gasteiger charge is -2.17. The Morgan fingerprint density at radius 3 is 2.78 bits per heavy atom. The zero-order chi connectivity index (χ0) is 13.3. The Morgan fingerprint density at radius 1 is 1.56 bits per heavy atom. The number of hydrogen-bond donors (Lipinski definition) is 1. The van der Waals surface area contributed by atoms with Crippen LogP contribution in [0.4, 0.5) is 4.39 Å². The highest BCUT2D eigenvalue weighted by Gasteiger charge is 2.33. The summed E-state index contributed by atoms with van der Waals surface area (Å²) in [7, 11) is 1.94. The van der Waals surface area contributed by atoms with Gasteiger partial charge in [-0.3, -0.25) is 0 Å². The number of hydrogen-bond acceptors (Lipinski definition) is 2. The average Bonchev–Trinajstić information content (AvgIpc) is 2.97. The Kier molecular flexibility index (Phi) is 3.66. The number of carboxylic acid groups (broad SMARTS) is 1. The fraction of sp³-hybridized carbons (Fsp3) is 0.500. The molecule has 18 heavy (non-hydrogen) atoms. The minimum atomic E-state index is -1.02. The fourth-order valence-electron chi connectivity index (χ4n) is 2.24. The van der Waals surface area contributed by atoms with E-state index in [0.717, 1.165) is 12.5 Å². The van der Waals surface area contributed by atoms with Gasteiger partial charge in [0.05, 0.1) is 5.56 Å². The molecule has 3 nitrogen and oxygen atoms in total. The molecule has 98 valence electrons. The van der Waals surface area contributed by atoms with Crippen LogP contribution in [-0.2, 0) is 6.54 Å². The second-order valence-corrected chi connectivity index (χ2v) is 5.28. The second kappa shape index (κ2) is 5.06. The number of nitrogens with zero attached hydrogens (tertiary/aromatic N) is 1. The van der Waals surface area contributed by atoms with Gasteiger partial charge in [0, 0.05) is 18.7 Å². The Labute approximate surface area is 106 Å². The highest BCUT2D eigenvalue weighted by molar-refractivity contribution is 5.87. The lowest BCUT2D eigenvalue weighted by Crippen LogP contribution is -2.21. The van der Waals surface area contributed by atoms with E-state index in [0.29, 0.717) is 18.0 Å². The van der Waals surface area contributed by atoms with Crippen molar-refractivity contribution in [1.29, 1.82) is 0 Å². The number of rotatable bonds is 5. The van der Waals surface area contributed by atoms with Crippen molar-refractivity contribution in [1.82, 2.24) is 4.90 Å². The van der Waals surface area contributed by atoms with E-state index in [9.17, 15) is 9.18 Å². The Bertz CT molecular complexity index is 461. The van der Waals surface area contributed by atoms with E-state index in [2.05, 4.69) is 11.8 Å². The van der Waals surface area contributed by atoms with Crippen LogP contribution in [0.1, 0.15) is 29.3 Å². The minimum absolute atomic E-state index is 0.139. The monoisotopic (exact) mass is 251 g/mol. The maximum absolute atomic E-state index is 13.6. The fourth-order valence-corrected chi connectivity index (χ4v) is 2.24. The molecule has 1 aromatic carbocycles. The van der Waals surface area contributed by atoms with Gasteiger partial charge in [0.2, 0.25) is 0 Å². The Balaban J connectivity index is 2.02. The van der Waals surface area contributed by atoms with Crippen LogP contribution in [0.2, 0.25) is 0 Å². The smallest absolute Gasteiger partial charge is 0.335 e. The minimum Gasteiger partial charge on any atom is -0.478 e. The molecule has 2 atom stereocenters. The molecule has 1 saturated carbocycles. The Hall–Kier alpha value is -1.42. The van der Waals surface area contributed by atoms with Gasteiger partial charge in [-0.25, -0.2) is 9.18 Å². The van der Waals surface area contributed by atoms with Crippen LogP contribution in [0.5, 0.6) is 0 Å². The highest BCUT2D eigenvalue weighted by Crippen LogP contribution is 2.38. The summed E-state index contributed by atoms with van der Waals surface area (Å²) in [5.74, 6) is 0.119. The van der Waals surface area contributed by atoms with Crippen LogP contribution in [0, 0.1) is 17.7 Å². The first-order chi connectivity index (χ1) is 8.47. The zero-order valence-electron chi connectivity index (χ0n) is 10.7. The number of carboxylic acids is 1. The third kappa shape index (κ3) is 3.07. The first-order valence-electron chi connectivity index (χ1n) is 6.17. The van der Waals surface area contributed by atoms with Crippen molar-refractivity contribution in [3.63, 3.8) is 0 Å². The summed E-state index contributed by atoms with van der Waals surface area (Å²) in [6.07, 6.45) is 1.24. The molecule has 1 aromatic rings. The third-order valence-electron chi connectivity index (χ3n) is 3.56. The molecular formula is C14H18FNO2. The van der Waals surface area contributed by atoms with Gasteiger partial charge in [0.1, 0.15) is 5.82 Å². The van der Waals surface area contributed by atoms with Crippen LogP contribution in [0.15, 0.2) is 18.2 Å². The van der Waals surface area contributed by atoms with Crippen molar-refractivity contribution < 1.29 is 14.3 Å². The average molecular weight is 251 g/mol. The molecule has 0 bridgehead atoms. The molecule has 0 radical (unpaired) electrons. The van der Waals surface area contributed by atoms with Crippen LogP contribution in [-0.4, -0.2) is 29.6 Å². The van der Waals surface area contributed by atoms with Gasteiger partial charge in [0.15, 0.2) is 0 Å². The Morgan fingerprint density at radius 2 is 2.22 bits per heavy atom. The van der Waals surface area contributed by atoms with Crippen LogP contribution in [0.3, 0.4) is 0 Å². The van der Waals surface area contributed by atoms with E-state index < -0.39 is 5.97 Å². The topological polar surface area (TPSA) is 40.5 Å². The number of carbonyl (C=O) groups is 1. The molecule has 1 fully saturated rings. The van der Waals surface area contributed by atoms with E-state index in [1.54, 1.807) is 0 Å². The van der Waals surface area contributed by atoms with E-state index >= 15 is 0 Å². The van der Waals surface area contributed by atoms with Gasteiger partial charge in [-0.1, -0.05) is 6.92 Å². The highest BCUT2D eigenvalue weighted by atomic mass is 19.1. The van der Waals surface area contributed by atoms with Gasteiger partial charge in [0.25, 0.3) is 0 Å². The maximum atomic E-state index is 13.6. The van der Waals surface area contributed by atoms with Crippen molar-refractivity contribution in [2.24, 2.45) is 11.8 Å². The summed E-state index contributed by atoms with van der Waals surface area (Å²) >= 11 is 0. The van der Waals surface area contributed by atoms with E-state index in [1.807, 2.05) is 7.05 Å². The first-order valence-corrected chi connectivity index (χ1v) is 6.17.